The standard InChI is InChI=1S/C18H29N7S/c1-4-19-18(21-12-16-23-22-13-25(16)3)20-11-14-7-5-9-24(2)17(14)15-8-6-10-26-15/h6,8,10,13-14,17H,4-5,7,9,11-12H2,1-3H3,(H2,19,20,21). The topological polar surface area (TPSA) is 70.4 Å². The zero-order valence-electron chi connectivity index (χ0n) is 15.9. The zero-order chi connectivity index (χ0) is 18.4. The molecule has 0 saturated carbocycles. The maximum Gasteiger partial charge on any atom is 0.191 e. The molecular weight excluding hydrogens is 346 g/mol. The quantitative estimate of drug-likeness (QED) is 0.597. The van der Waals surface area contributed by atoms with E-state index in [1.165, 1.54) is 24.3 Å². The van der Waals surface area contributed by atoms with Crippen molar-refractivity contribution in [2.24, 2.45) is 18.0 Å². The molecule has 2 N–H and O–H groups in total. The van der Waals surface area contributed by atoms with E-state index in [-0.39, 0.29) is 0 Å². The molecule has 0 aliphatic carbocycles. The molecule has 2 atom stereocenters. The molecule has 0 spiro atoms. The van der Waals surface area contributed by atoms with Gasteiger partial charge in [0.25, 0.3) is 0 Å². The number of hydrogen-bond acceptors (Lipinski definition) is 5. The van der Waals surface area contributed by atoms with Gasteiger partial charge in [0.05, 0.1) is 0 Å². The summed E-state index contributed by atoms with van der Waals surface area (Å²) in [5.74, 6) is 2.27. The molecule has 142 valence electrons. The van der Waals surface area contributed by atoms with Gasteiger partial charge in [-0.05, 0) is 50.7 Å². The average Bonchev–Trinajstić information content (AvgIpc) is 3.29. The van der Waals surface area contributed by atoms with Crippen LogP contribution < -0.4 is 10.6 Å². The molecule has 26 heavy (non-hydrogen) atoms. The maximum absolute atomic E-state index is 4.67. The number of aliphatic imine (C=N–C) groups is 1. The summed E-state index contributed by atoms with van der Waals surface area (Å²) in [6.45, 7) is 5.52. The van der Waals surface area contributed by atoms with Crippen LogP contribution in [0.25, 0.3) is 0 Å². The van der Waals surface area contributed by atoms with Crippen LogP contribution in [0, 0.1) is 5.92 Å². The number of thiophene rings is 1. The van der Waals surface area contributed by atoms with E-state index in [1.54, 1.807) is 6.33 Å². The van der Waals surface area contributed by atoms with Crippen LogP contribution in [0.5, 0.6) is 0 Å². The lowest BCUT2D eigenvalue weighted by molar-refractivity contribution is 0.125. The van der Waals surface area contributed by atoms with Crippen molar-refractivity contribution >= 4 is 17.3 Å². The fourth-order valence-electron chi connectivity index (χ4n) is 3.55. The minimum absolute atomic E-state index is 0.484. The van der Waals surface area contributed by atoms with Crippen molar-refractivity contribution in [3.05, 3.63) is 34.5 Å². The lowest BCUT2D eigenvalue weighted by Crippen LogP contribution is -2.44. The molecule has 2 aromatic heterocycles. The Morgan fingerprint density at radius 2 is 2.27 bits per heavy atom. The number of nitrogens with one attached hydrogen (secondary N) is 2. The lowest BCUT2D eigenvalue weighted by Gasteiger charge is -2.39. The van der Waals surface area contributed by atoms with Crippen LogP contribution in [-0.2, 0) is 13.6 Å². The largest absolute Gasteiger partial charge is 0.357 e. The van der Waals surface area contributed by atoms with Gasteiger partial charge in [0.2, 0.25) is 0 Å². The van der Waals surface area contributed by atoms with Gasteiger partial charge in [-0.25, -0.2) is 4.99 Å². The predicted molar refractivity (Wildman–Crippen MR) is 106 cm³/mol. The van der Waals surface area contributed by atoms with E-state index in [4.69, 9.17) is 0 Å². The third-order valence-electron chi connectivity index (χ3n) is 4.90. The third kappa shape index (κ3) is 4.62. The number of nitrogens with zero attached hydrogens (tertiary/aromatic N) is 5. The van der Waals surface area contributed by atoms with Gasteiger partial charge in [0, 0.05) is 31.1 Å². The fourth-order valence-corrected chi connectivity index (χ4v) is 4.54. The first-order valence-electron chi connectivity index (χ1n) is 9.27. The summed E-state index contributed by atoms with van der Waals surface area (Å²) in [6.07, 6.45) is 4.19. The molecule has 3 heterocycles. The van der Waals surface area contributed by atoms with Gasteiger partial charge in [0.15, 0.2) is 11.8 Å². The third-order valence-corrected chi connectivity index (χ3v) is 5.84. The van der Waals surface area contributed by atoms with Crippen LogP contribution in [-0.4, -0.2) is 52.3 Å². The predicted octanol–water partition coefficient (Wildman–Crippen LogP) is 2.01. The van der Waals surface area contributed by atoms with E-state index in [1.807, 2.05) is 23.0 Å². The first-order valence-corrected chi connectivity index (χ1v) is 10.2. The number of hydrogen-bond donors (Lipinski definition) is 2. The van der Waals surface area contributed by atoms with Crippen molar-refractivity contribution in [3.63, 3.8) is 0 Å². The van der Waals surface area contributed by atoms with Crippen molar-refractivity contribution in [2.45, 2.75) is 32.4 Å². The Labute approximate surface area is 159 Å². The smallest absolute Gasteiger partial charge is 0.191 e. The summed E-state index contributed by atoms with van der Waals surface area (Å²) in [5, 5.41) is 17.1. The minimum Gasteiger partial charge on any atom is -0.357 e. The van der Waals surface area contributed by atoms with Crippen LogP contribution in [0.2, 0.25) is 0 Å². The highest BCUT2D eigenvalue weighted by atomic mass is 32.1. The zero-order valence-corrected chi connectivity index (χ0v) is 16.7. The Morgan fingerprint density at radius 3 is 2.96 bits per heavy atom. The second-order valence-corrected chi connectivity index (χ2v) is 7.76. The van der Waals surface area contributed by atoms with Gasteiger partial charge in [-0.3, -0.25) is 4.90 Å². The summed E-state index contributed by atoms with van der Waals surface area (Å²) in [7, 11) is 4.18. The van der Waals surface area contributed by atoms with Crippen LogP contribution in [0.4, 0.5) is 0 Å². The highest BCUT2D eigenvalue weighted by Gasteiger charge is 2.31. The second-order valence-electron chi connectivity index (χ2n) is 6.78. The van der Waals surface area contributed by atoms with Crippen molar-refractivity contribution in [1.29, 1.82) is 0 Å². The number of aryl methyl sites for hydroxylation is 1. The molecule has 1 fully saturated rings. The van der Waals surface area contributed by atoms with E-state index in [0.29, 0.717) is 18.5 Å². The van der Waals surface area contributed by atoms with Crippen LogP contribution in [0.1, 0.15) is 36.5 Å². The monoisotopic (exact) mass is 375 g/mol. The van der Waals surface area contributed by atoms with Crippen molar-refractivity contribution in [2.75, 3.05) is 26.7 Å². The first kappa shape index (κ1) is 18.8. The normalized spacial score (nSPS) is 21.7. The molecule has 0 aromatic carbocycles. The molecule has 0 radical (unpaired) electrons. The van der Waals surface area contributed by atoms with Gasteiger partial charge >= 0.3 is 0 Å². The molecule has 2 unspecified atom stereocenters. The molecule has 3 rings (SSSR count). The first-order chi connectivity index (χ1) is 12.7. The number of piperidine rings is 1. The molecule has 0 amide bonds. The molecule has 1 aliphatic rings. The van der Waals surface area contributed by atoms with Crippen LogP contribution in [0.3, 0.4) is 0 Å². The van der Waals surface area contributed by atoms with Crippen LogP contribution >= 0.6 is 11.3 Å². The molecule has 2 aromatic rings. The number of likely N-dealkylation sites (tertiary alicyclic amines) is 1. The van der Waals surface area contributed by atoms with Gasteiger partial charge < -0.3 is 15.2 Å². The number of aromatic nitrogens is 3. The van der Waals surface area contributed by atoms with E-state index in [2.05, 4.69) is 62.2 Å². The Morgan fingerprint density at radius 1 is 1.38 bits per heavy atom. The van der Waals surface area contributed by atoms with Gasteiger partial charge in [-0.15, -0.1) is 21.5 Å². The lowest BCUT2D eigenvalue weighted by atomic mass is 9.88. The van der Waals surface area contributed by atoms with Crippen LogP contribution in [0.15, 0.2) is 28.8 Å². The Bertz CT molecular complexity index is 694. The number of rotatable bonds is 6. The summed E-state index contributed by atoms with van der Waals surface area (Å²) in [6, 6.07) is 4.90. The van der Waals surface area contributed by atoms with Gasteiger partial charge in [0.1, 0.15) is 12.9 Å². The van der Waals surface area contributed by atoms with E-state index < -0.39 is 0 Å². The summed E-state index contributed by atoms with van der Waals surface area (Å²) < 4.78 is 1.90. The molecule has 8 heteroatoms. The molecular formula is C18H29N7S. The number of guanidine groups is 1. The van der Waals surface area contributed by atoms with Crippen molar-refractivity contribution < 1.29 is 0 Å². The molecule has 1 aliphatic heterocycles. The van der Waals surface area contributed by atoms with E-state index in [9.17, 15) is 0 Å². The van der Waals surface area contributed by atoms with Crippen molar-refractivity contribution in [3.8, 4) is 0 Å². The molecule has 1 saturated heterocycles. The Hall–Kier alpha value is -1.93. The Kier molecular flexibility index (Phi) is 6.62. The highest BCUT2D eigenvalue weighted by Crippen LogP contribution is 2.36. The summed E-state index contributed by atoms with van der Waals surface area (Å²) in [5.41, 5.74) is 0. The van der Waals surface area contributed by atoms with Crippen molar-refractivity contribution in [1.82, 2.24) is 30.3 Å². The van der Waals surface area contributed by atoms with Gasteiger partial charge in [-0.1, -0.05) is 6.07 Å². The van der Waals surface area contributed by atoms with E-state index >= 15 is 0 Å². The maximum atomic E-state index is 4.67. The summed E-state index contributed by atoms with van der Waals surface area (Å²) in [4.78, 5) is 8.62. The molecule has 0 bridgehead atoms. The Balaban J connectivity index is 1.64. The second kappa shape index (κ2) is 9.14. The fraction of sp³-hybridized carbons (Fsp3) is 0.611. The average molecular weight is 376 g/mol. The van der Waals surface area contributed by atoms with Gasteiger partial charge in [-0.2, -0.15) is 0 Å². The van der Waals surface area contributed by atoms with E-state index in [0.717, 1.165) is 24.9 Å². The minimum atomic E-state index is 0.484. The summed E-state index contributed by atoms with van der Waals surface area (Å²) >= 11 is 1.86. The molecule has 7 nitrogen and oxygen atoms in total. The highest BCUT2D eigenvalue weighted by molar-refractivity contribution is 7.10. The SMILES string of the molecule is CCNC(=NCc1nncn1C)NCC1CCCN(C)C1c1cccs1.